The number of carbonyl (C=O) groups is 2. The van der Waals surface area contributed by atoms with Gasteiger partial charge in [-0.25, -0.2) is 0 Å². The molecule has 2 amide bonds. The van der Waals surface area contributed by atoms with E-state index < -0.39 is 11.3 Å². The molecule has 1 aliphatic heterocycles. The van der Waals surface area contributed by atoms with Crippen molar-refractivity contribution in [2.75, 3.05) is 13.2 Å². The Bertz CT molecular complexity index is 342. The lowest BCUT2D eigenvalue weighted by Crippen LogP contribution is -2.47. The predicted molar refractivity (Wildman–Crippen MR) is 59.5 cm³/mol. The van der Waals surface area contributed by atoms with Crippen molar-refractivity contribution in [3.63, 3.8) is 0 Å². The third-order valence-corrected chi connectivity index (χ3v) is 2.88. The molecule has 0 bridgehead atoms. The minimum Gasteiger partial charge on any atom is -0.381 e. The first-order valence-corrected chi connectivity index (χ1v) is 5.58. The molecule has 1 fully saturated rings. The van der Waals surface area contributed by atoms with E-state index in [9.17, 15) is 9.59 Å². The number of primary amides is 1. The molecule has 1 rings (SSSR count). The molecular formula is C11H17N3O3. The van der Waals surface area contributed by atoms with Gasteiger partial charge in [0.05, 0.1) is 6.07 Å². The van der Waals surface area contributed by atoms with Gasteiger partial charge in [-0.05, 0) is 19.8 Å². The third-order valence-electron chi connectivity index (χ3n) is 2.88. The summed E-state index contributed by atoms with van der Waals surface area (Å²) in [4.78, 5) is 22.7. The molecular weight excluding hydrogens is 222 g/mol. The SMILES string of the molecule is CC(CC(N)=O)NC(=O)C1(C#N)CCOCC1. The molecule has 3 N–H and O–H groups in total. The van der Waals surface area contributed by atoms with E-state index in [1.165, 1.54) is 0 Å². The van der Waals surface area contributed by atoms with Crippen molar-refractivity contribution in [2.45, 2.75) is 32.2 Å². The molecule has 6 nitrogen and oxygen atoms in total. The van der Waals surface area contributed by atoms with Crippen LogP contribution in [-0.4, -0.2) is 31.1 Å². The van der Waals surface area contributed by atoms with Gasteiger partial charge in [0.2, 0.25) is 11.8 Å². The van der Waals surface area contributed by atoms with E-state index in [1.54, 1.807) is 6.92 Å². The van der Waals surface area contributed by atoms with Gasteiger partial charge in [0.25, 0.3) is 0 Å². The molecule has 0 radical (unpaired) electrons. The monoisotopic (exact) mass is 239 g/mol. The van der Waals surface area contributed by atoms with E-state index in [2.05, 4.69) is 11.4 Å². The van der Waals surface area contributed by atoms with E-state index >= 15 is 0 Å². The van der Waals surface area contributed by atoms with Gasteiger partial charge in [0.15, 0.2) is 0 Å². The first-order chi connectivity index (χ1) is 8.00. The van der Waals surface area contributed by atoms with E-state index in [1.807, 2.05) is 0 Å². The maximum absolute atomic E-state index is 12.0. The van der Waals surface area contributed by atoms with Gasteiger partial charge in [-0.3, -0.25) is 9.59 Å². The minimum absolute atomic E-state index is 0.0732. The fraction of sp³-hybridized carbons (Fsp3) is 0.727. The summed E-state index contributed by atoms with van der Waals surface area (Å²) in [5.74, 6) is -0.812. The number of ether oxygens (including phenoxy) is 1. The molecule has 0 aromatic heterocycles. The van der Waals surface area contributed by atoms with E-state index in [0.717, 1.165) is 0 Å². The van der Waals surface area contributed by atoms with Crippen molar-refractivity contribution in [1.29, 1.82) is 5.26 Å². The lowest BCUT2D eigenvalue weighted by Gasteiger charge is -2.30. The minimum atomic E-state index is -1.02. The summed E-state index contributed by atoms with van der Waals surface area (Å²) >= 11 is 0. The lowest BCUT2D eigenvalue weighted by molar-refractivity contribution is -0.133. The number of amides is 2. The second-order valence-corrected chi connectivity index (χ2v) is 4.35. The summed E-state index contributed by atoms with van der Waals surface area (Å²) in [6, 6.07) is 1.71. The third kappa shape index (κ3) is 3.43. The molecule has 94 valence electrons. The van der Waals surface area contributed by atoms with Crippen molar-refractivity contribution in [1.82, 2.24) is 5.32 Å². The Kier molecular flexibility index (Phi) is 4.46. The topological polar surface area (TPSA) is 105 Å². The fourth-order valence-electron chi connectivity index (χ4n) is 1.82. The van der Waals surface area contributed by atoms with Gasteiger partial charge in [0.1, 0.15) is 5.41 Å². The normalized spacial score (nSPS) is 20.0. The zero-order chi connectivity index (χ0) is 12.9. The second kappa shape index (κ2) is 5.64. The number of nitriles is 1. The highest BCUT2D eigenvalue weighted by Gasteiger charge is 2.40. The van der Waals surface area contributed by atoms with Crippen molar-refractivity contribution >= 4 is 11.8 Å². The standard InChI is InChI=1S/C11H17N3O3/c1-8(6-9(13)15)14-10(16)11(7-12)2-4-17-5-3-11/h8H,2-6H2,1H3,(H2,13,15)(H,14,16). The van der Waals surface area contributed by atoms with Gasteiger partial charge in [-0.2, -0.15) is 5.26 Å². The summed E-state index contributed by atoms with van der Waals surface area (Å²) < 4.78 is 5.14. The number of rotatable bonds is 4. The van der Waals surface area contributed by atoms with Crippen LogP contribution >= 0.6 is 0 Å². The molecule has 0 aromatic carbocycles. The van der Waals surface area contributed by atoms with Crippen LogP contribution in [0.4, 0.5) is 0 Å². The molecule has 1 heterocycles. The molecule has 1 atom stereocenters. The smallest absolute Gasteiger partial charge is 0.240 e. The summed E-state index contributed by atoms with van der Waals surface area (Å²) in [7, 11) is 0. The summed E-state index contributed by atoms with van der Waals surface area (Å²) in [5, 5.41) is 11.8. The van der Waals surface area contributed by atoms with Gasteiger partial charge in [-0.1, -0.05) is 0 Å². The number of nitrogens with zero attached hydrogens (tertiary/aromatic N) is 1. The summed E-state index contributed by atoms with van der Waals surface area (Å²) in [6.07, 6.45) is 0.848. The Morgan fingerprint density at radius 3 is 2.59 bits per heavy atom. The molecule has 1 unspecified atom stereocenters. The highest BCUT2D eigenvalue weighted by molar-refractivity contribution is 5.86. The average Bonchev–Trinajstić information content (AvgIpc) is 2.28. The number of carbonyl (C=O) groups excluding carboxylic acids is 2. The van der Waals surface area contributed by atoms with Crippen LogP contribution in [-0.2, 0) is 14.3 Å². The van der Waals surface area contributed by atoms with Crippen molar-refractivity contribution in [3.05, 3.63) is 0 Å². The van der Waals surface area contributed by atoms with E-state index in [0.29, 0.717) is 26.1 Å². The number of nitrogens with two attached hydrogens (primary N) is 1. The fourth-order valence-corrected chi connectivity index (χ4v) is 1.82. The molecule has 0 spiro atoms. The maximum atomic E-state index is 12.0. The van der Waals surface area contributed by atoms with E-state index in [4.69, 9.17) is 15.7 Å². The Hall–Kier alpha value is -1.61. The average molecular weight is 239 g/mol. The van der Waals surface area contributed by atoms with Crippen molar-refractivity contribution in [3.8, 4) is 6.07 Å². The van der Waals surface area contributed by atoms with Gasteiger partial charge < -0.3 is 15.8 Å². The molecule has 1 saturated heterocycles. The zero-order valence-corrected chi connectivity index (χ0v) is 9.86. The van der Waals surface area contributed by atoms with Crippen LogP contribution in [0.2, 0.25) is 0 Å². The molecule has 0 aromatic rings. The van der Waals surface area contributed by atoms with Crippen LogP contribution in [0.1, 0.15) is 26.2 Å². The number of hydrogen-bond donors (Lipinski definition) is 2. The first-order valence-electron chi connectivity index (χ1n) is 5.58. The van der Waals surface area contributed by atoms with Crippen LogP contribution in [0.15, 0.2) is 0 Å². The van der Waals surface area contributed by atoms with Crippen LogP contribution < -0.4 is 11.1 Å². The van der Waals surface area contributed by atoms with Crippen molar-refractivity contribution in [2.24, 2.45) is 11.1 Å². The summed E-state index contributed by atoms with van der Waals surface area (Å²) in [5.41, 5.74) is 4.01. The number of nitrogens with one attached hydrogen (secondary N) is 1. The quantitative estimate of drug-likeness (QED) is 0.701. The predicted octanol–water partition coefficient (Wildman–Crippen LogP) is -0.313. The second-order valence-electron chi connectivity index (χ2n) is 4.35. The highest BCUT2D eigenvalue weighted by Crippen LogP contribution is 2.30. The molecule has 6 heteroatoms. The van der Waals surface area contributed by atoms with E-state index in [-0.39, 0.29) is 18.4 Å². The summed E-state index contributed by atoms with van der Waals surface area (Å²) in [6.45, 7) is 2.50. The number of hydrogen-bond acceptors (Lipinski definition) is 4. The van der Waals surface area contributed by atoms with Crippen LogP contribution in [0, 0.1) is 16.7 Å². The Morgan fingerprint density at radius 1 is 1.53 bits per heavy atom. The highest BCUT2D eigenvalue weighted by atomic mass is 16.5. The van der Waals surface area contributed by atoms with Crippen molar-refractivity contribution < 1.29 is 14.3 Å². The molecule has 0 aliphatic carbocycles. The Balaban J connectivity index is 2.61. The van der Waals surface area contributed by atoms with Crippen LogP contribution in [0.3, 0.4) is 0 Å². The molecule has 1 aliphatic rings. The molecule has 0 saturated carbocycles. The maximum Gasteiger partial charge on any atom is 0.240 e. The Labute approximate surface area is 100 Å². The van der Waals surface area contributed by atoms with Gasteiger partial charge in [0, 0.05) is 25.7 Å². The molecule has 17 heavy (non-hydrogen) atoms. The lowest BCUT2D eigenvalue weighted by atomic mass is 9.80. The Morgan fingerprint density at radius 2 is 2.12 bits per heavy atom. The van der Waals surface area contributed by atoms with Gasteiger partial charge >= 0.3 is 0 Å². The largest absolute Gasteiger partial charge is 0.381 e. The van der Waals surface area contributed by atoms with Crippen LogP contribution in [0.25, 0.3) is 0 Å². The van der Waals surface area contributed by atoms with Crippen LogP contribution in [0.5, 0.6) is 0 Å². The first kappa shape index (κ1) is 13.5. The zero-order valence-electron chi connectivity index (χ0n) is 9.86. The van der Waals surface area contributed by atoms with Gasteiger partial charge in [-0.15, -0.1) is 0 Å².